The molecule has 5 nitrogen and oxygen atoms in total. The third kappa shape index (κ3) is 67.8. The van der Waals surface area contributed by atoms with E-state index in [4.69, 9.17) is 9.47 Å². The van der Waals surface area contributed by atoms with E-state index in [0.29, 0.717) is 12.8 Å². The van der Waals surface area contributed by atoms with Crippen LogP contribution in [0, 0.1) is 0 Å². The van der Waals surface area contributed by atoms with E-state index >= 15 is 0 Å². The normalized spacial score (nSPS) is 13.4. The van der Waals surface area contributed by atoms with Gasteiger partial charge in [-0.3, -0.25) is 9.59 Å². The standard InChI is InChI=1S/C77H124O5/c1-3-5-7-9-11-13-15-17-19-21-23-25-27-29-31-32-33-34-35-36-37-38-39-40-41-42-43-44-46-48-50-52-54-56-58-60-62-64-66-68-70-72-77(80)82-75(73-78)74-81-76(79)71-69-67-65-63-61-59-57-55-53-51-49-47-45-30-28-26-24-22-20-18-16-14-12-10-8-6-4-2/h5,7,11,13,16-19,22-25,29,31,33-34,36-37,39-40,42-43,46,48,52,54,58,60,75,78H,3-4,6,8-10,12,14-15,20-21,26-28,30,32,35,38,41,44-45,47,49-51,53,55-57,59,61-74H2,1-2H3/b7-5-,13-11-,18-16-,19-17-,24-22-,25-23-,31-29-,34-33-,37-36-,40-39-,43-42-,48-46-,54-52-,60-58-. The van der Waals surface area contributed by atoms with Gasteiger partial charge in [0.15, 0.2) is 6.10 Å². The van der Waals surface area contributed by atoms with E-state index in [-0.39, 0.29) is 25.2 Å². The number of aliphatic hydroxyl groups is 1. The second kappa shape index (κ2) is 70.5. The zero-order valence-corrected chi connectivity index (χ0v) is 52.9. The van der Waals surface area contributed by atoms with Crippen molar-refractivity contribution in [3.8, 4) is 0 Å². The quantitative estimate of drug-likeness (QED) is 0.0373. The Morgan fingerprint density at radius 3 is 0.793 bits per heavy atom. The van der Waals surface area contributed by atoms with Gasteiger partial charge in [-0.05, 0) is 135 Å². The molecule has 1 atom stereocenters. The molecule has 0 amide bonds. The molecule has 1 unspecified atom stereocenters. The van der Waals surface area contributed by atoms with Crippen molar-refractivity contribution in [2.24, 2.45) is 0 Å². The van der Waals surface area contributed by atoms with Crippen molar-refractivity contribution >= 4 is 11.9 Å². The van der Waals surface area contributed by atoms with Crippen molar-refractivity contribution in [3.05, 3.63) is 170 Å². The zero-order chi connectivity index (χ0) is 59.1. The number of hydrogen-bond acceptors (Lipinski definition) is 5. The molecule has 0 aliphatic rings. The summed E-state index contributed by atoms with van der Waals surface area (Å²) in [5.41, 5.74) is 0. The van der Waals surface area contributed by atoms with Gasteiger partial charge in [-0.2, -0.15) is 0 Å². The van der Waals surface area contributed by atoms with Crippen molar-refractivity contribution < 1.29 is 24.2 Å². The first-order valence-electron chi connectivity index (χ1n) is 33.7. The Kier molecular flexibility index (Phi) is 66.4. The molecule has 0 fully saturated rings. The second-order valence-electron chi connectivity index (χ2n) is 21.8. The van der Waals surface area contributed by atoms with Gasteiger partial charge < -0.3 is 14.6 Å². The van der Waals surface area contributed by atoms with Gasteiger partial charge >= 0.3 is 11.9 Å². The van der Waals surface area contributed by atoms with Crippen LogP contribution < -0.4 is 0 Å². The van der Waals surface area contributed by atoms with E-state index in [9.17, 15) is 14.7 Å². The van der Waals surface area contributed by atoms with Crippen LogP contribution in [0.2, 0.25) is 0 Å². The number of aliphatic hydroxyl groups excluding tert-OH is 1. The Labute approximate surface area is 506 Å². The summed E-state index contributed by atoms with van der Waals surface area (Å²) in [6, 6.07) is 0. The average molecular weight is 1130 g/mol. The predicted octanol–water partition coefficient (Wildman–Crippen LogP) is 23.6. The molecule has 0 aromatic carbocycles. The third-order valence-corrected chi connectivity index (χ3v) is 14.0. The minimum atomic E-state index is -0.799. The molecule has 0 aliphatic heterocycles. The third-order valence-electron chi connectivity index (χ3n) is 14.0. The fraction of sp³-hybridized carbons (Fsp3) is 0.610. The Hall–Kier alpha value is -4.74. The Balaban J connectivity index is 3.63. The Morgan fingerprint density at radius 1 is 0.293 bits per heavy atom. The van der Waals surface area contributed by atoms with Crippen LogP contribution in [0.3, 0.4) is 0 Å². The lowest BCUT2D eigenvalue weighted by atomic mass is 10.0. The first-order valence-corrected chi connectivity index (χ1v) is 33.7. The molecular formula is C77H124O5. The van der Waals surface area contributed by atoms with Crippen LogP contribution in [-0.4, -0.2) is 36.4 Å². The van der Waals surface area contributed by atoms with E-state index in [2.05, 4.69) is 184 Å². The minimum absolute atomic E-state index is 0.0850. The van der Waals surface area contributed by atoms with E-state index in [1.54, 1.807) is 0 Å². The number of ether oxygens (including phenoxy) is 2. The highest BCUT2D eigenvalue weighted by atomic mass is 16.6. The smallest absolute Gasteiger partial charge is 0.306 e. The maximum absolute atomic E-state index is 12.3. The minimum Gasteiger partial charge on any atom is -0.462 e. The van der Waals surface area contributed by atoms with Crippen LogP contribution in [0.15, 0.2) is 170 Å². The van der Waals surface area contributed by atoms with Gasteiger partial charge in [0.1, 0.15) is 6.61 Å². The highest BCUT2D eigenvalue weighted by Crippen LogP contribution is 2.16. The number of carbonyl (C=O) groups excluding carboxylic acids is 2. The number of allylic oxidation sites excluding steroid dienone is 28. The fourth-order valence-electron chi connectivity index (χ4n) is 8.98. The number of carbonyl (C=O) groups is 2. The fourth-order valence-corrected chi connectivity index (χ4v) is 8.98. The van der Waals surface area contributed by atoms with Crippen LogP contribution in [0.1, 0.15) is 284 Å². The van der Waals surface area contributed by atoms with Gasteiger partial charge in [0.05, 0.1) is 6.61 Å². The molecule has 0 heterocycles. The van der Waals surface area contributed by atoms with Crippen LogP contribution in [0.5, 0.6) is 0 Å². The highest BCUT2D eigenvalue weighted by Gasteiger charge is 2.16. The lowest BCUT2D eigenvalue weighted by Crippen LogP contribution is -2.28. The molecule has 0 saturated heterocycles. The van der Waals surface area contributed by atoms with E-state index in [1.165, 1.54) is 122 Å². The highest BCUT2D eigenvalue weighted by molar-refractivity contribution is 5.70. The molecule has 0 aliphatic carbocycles. The molecule has 0 aromatic rings. The summed E-state index contributed by atoms with van der Waals surface area (Å²) in [4.78, 5) is 24.6. The van der Waals surface area contributed by atoms with Gasteiger partial charge in [0.25, 0.3) is 0 Å². The van der Waals surface area contributed by atoms with Gasteiger partial charge in [-0.25, -0.2) is 0 Å². The Morgan fingerprint density at radius 2 is 0.524 bits per heavy atom. The van der Waals surface area contributed by atoms with Crippen LogP contribution in [-0.2, 0) is 19.1 Å². The van der Waals surface area contributed by atoms with Crippen LogP contribution in [0.4, 0.5) is 0 Å². The maximum Gasteiger partial charge on any atom is 0.306 e. The Bertz CT molecular complexity index is 1810. The van der Waals surface area contributed by atoms with E-state index in [0.717, 1.165) is 135 Å². The molecule has 5 heteroatoms. The summed E-state index contributed by atoms with van der Waals surface area (Å²) in [6.45, 7) is 4.00. The molecule has 0 rings (SSSR count). The van der Waals surface area contributed by atoms with Crippen molar-refractivity contribution in [2.75, 3.05) is 13.2 Å². The maximum atomic E-state index is 12.3. The monoisotopic (exact) mass is 1130 g/mol. The number of hydrogen-bond donors (Lipinski definition) is 1. The molecule has 82 heavy (non-hydrogen) atoms. The summed E-state index contributed by atoms with van der Waals surface area (Å²) in [5.74, 6) is -0.624. The molecule has 0 bridgehead atoms. The summed E-state index contributed by atoms with van der Waals surface area (Å²) in [7, 11) is 0. The molecular weight excluding hydrogens is 1000 g/mol. The van der Waals surface area contributed by atoms with Gasteiger partial charge in [0.2, 0.25) is 0 Å². The summed E-state index contributed by atoms with van der Waals surface area (Å²) >= 11 is 0. The van der Waals surface area contributed by atoms with Gasteiger partial charge in [-0.15, -0.1) is 0 Å². The largest absolute Gasteiger partial charge is 0.462 e. The topological polar surface area (TPSA) is 72.8 Å². The molecule has 0 spiro atoms. The number of esters is 2. The van der Waals surface area contributed by atoms with Crippen LogP contribution >= 0.6 is 0 Å². The summed E-state index contributed by atoms with van der Waals surface area (Å²) in [6.07, 6.45) is 109. The van der Waals surface area contributed by atoms with Crippen LogP contribution in [0.25, 0.3) is 0 Å². The second-order valence-corrected chi connectivity index (χ2v) is 21.8. The van der Waals surface area contributed by atoms with Gasteiger partial charge in [0, 0.05) is 12.8 Å². The van der Waals surface area contributed by atoms with Crippen molar-refractivity contribution in [2.45, 2.75) is 290 Å². The number of rotatable bonds is 60. The molecule has 1 N–H and O–H groups in total. The van der Waals surface area contributed by atoms with E-state index < -0.39 is 6.10 Å². The van der Waals surface area contributed by atoms with E-state index in [1.807, 2.05) is 0 Å². The zero-order valence-electron chi connectivity index (χ0n) is 52.9. The SMILES string of the molecule is CC/C=C\C/C=C\C/C=C\C/C=C\C/C=C\C/C=C\C/C=C\C/C=C\C/C=C\C/C=C\C/C=C\C/C=C\CCCCCCC(=O)OC(CO)COC(=O)CCCCCCCCCCCCCCCCC/C=C\C/C=C\CCCCCCC. The average Bonchev–Trinajstić information content (AvgIpc) is 3.49. The predicted molar refractivity (Wildman–Crippen MR) is 361 cm³/mol. The molecule has 0 radical (unpaired) electrons. The lowest BCUT2D eigenvalue weighted by molar-refractivity contribution is -0.161. The first kappa shape index (κ1) is 77.3. The van der Waals surface area contributed by atoms with Crippen molar-refractivity contribution in [1.82, 2.24) is 0 Å². The van der Waals surface area contributed by atoms with Crippen molar-refractivity contribution in [1.29, 1.82) is 0 Å². The lowest BCUT2D eigenvalue weighted by Gasteiger charge is -2.15. The summed E-state index contributed by atoms with van der Waals surface area (Å²) < 4.78 is 10.7. The molecule has 462 valence electrons. The molecule has 0 saturated carbocycles. The van der Waals surface area contributed by atoms with Crippen molar-refractivity contribution in [3.63, 3.8) is 0 Å². The van der Waals surface area contributed by atoms with Gasteiger partial charge in [-0.1, -0.05) is 306 Å². The number of unbranched alkanes of at least 4 members (excludes halogenated alkanes) is 24. The summed E-state index contributed by atoms with van der Waals surface area (Å²) in [5, 5.41) is 9.69. The first-order chi connectivity index (χ1) is 40.6. The molecule has 0 aromatic heterocycles.